The molecule has 0 amide bonds. The summed E-state index contributed by atoms with van der Waals surface area (Å²) < 4.78 is 10.9. The molecule has 4 aromatic heterocycles. The van der Waals surface area contributed by atoms with Gasteiger partial charge < -0.3 is 8.98 Å². The molecule has 0 bridgehead atoms. The summed E-state index contributed by atoms with van der Waals surface area (Å²) in [5.74, 6) is 1.70. The lowest BCUT2D eigenvalue weighted by Crippen LogP contribution is -2.06. The number of para-hydroxylation sites is 4. The van der Waals surface area contributed by atoms with Gasteiger partial charge in [0.2, 0.25) is 5.95 Å². The predicted molar refractivity (Wildman–Crippen MR) is 232 cm³/mol. The van der Waals surface area contributed by atoms with E-state index in [1.54, 1.807) is 0 Å². The molecule has 0 N–H and O–H groups in total. The minimum Gasteiger partial charge on any atom is -0.456 e. The first-order chi connectivity index (χ1) is 28.3. The Morgan fingerprint density at radius 2 is 0.842 bits per heavy atom. The molecule has 6 heteroatoms. The fourth-order valence-electron chi connectivity index (χ4n) is 8.62. The highest BCUT2D eigenvalue weighted by Gasteiger charge is 2.23. The van der Waals surface area contributed by atoms with Crippen LogP contribution in [0.1, 0.15) is 0 Å². The first kappa shape index (κ1) is 31.5. The van der Waals surface area contributed by atoms with E-state index in [2.05, 4.69) is 167 Å². The van der Waals surface area contributed by atoms with Gasteiger partial charge in [0.15, 0.2) is 11.6 Å². The number of hydrogen-bond acceptors (Lipinski definition) is 4. The lowest BCUT2D eigenvalue weighted by molar-refractivity contribution is 0.669. The maximum absolute atomic E-state index is 6.33. The van der Waals surface area contributed by atoms with Gasteiger partial charge in [0.1, 0.15) is 11.2 Å². The van der Waals surface area contributed by atoms with Crippen molar-refractivity contribution < 1.29 is 4.42 Å². The van der Waals surface area contributed by atoms with Crippen LogP contribution in [-0.4, -0.2) is 24.1 Å². The third-order valence-corrected chi connectivity index (χ3v) is 11.2. The van der Waals surface area contributed by atoms with Crippen LogP contribution in [0.25, 0.3) is 111 Å². The fraction of sp³-hybridized carbons (Fsp3) is 0. The van der Waals surface area contributed by atoms with E-state index < -0.39 is 0 Å². The Morgan fingerprint density at radius 1 is 0.333 bits per heavy atom. The minimum absolute atomic E-state index is 0.546. The molecule has 4 heterocycles. The fourth-order valence-corrected chi connectivity index (χ4v) is 8.62. The number of nitrogens with zero attached hydrogens (tertiary/aromatic N) is 5. The van der Waals surface area contributed by atoms with Crippen LogP contribution in [0.2, 0.25) is 0 Å². The largest absolute Gasteiger partial charge is 0.456 e. The van der Waals surface area contributed by atoms with Crippen molar-refractivity contribution in [1.29, 1.82) is 0 Å². The second-order valence-electron chi connectivity index (χ2n) is 14.4. The molecule has 0 atom stereocenters. The summed E-state index contributed by atoms with van der Waals surface area (Å²) in [5, 5.41) is 6.82. The smallest absolute Gasteiger partial charge is 0.238 e. The summed E-state index contributed by atoms with van der Waals surface area (Å²) in [4.78, 5) is 15.7. The molecule has 0 saturated heterocycles. The van der Waals surface area contributed by atoms with Crippen molar-refractivity contribution in [3.8, 4) is 45.5 Å². The molecular weight excluding hydrogens is 699 g/mol. The highest BCUT2D eigenvalue weighted by molar-refractivity contribution is 6.28. The van der Waals surface area contributed by atoms with Crippen LogP contribution in [0.5, 0.6) is 0 Å². The van der Waals surface area contributed by atoms with Crippen molar-refractivity contribution in [2.45, 2.75) is 0 Å². The number of hydrogen-bond donors (Lipinski definition) is 0. The lowest BCUT2D eigenvalue weighted by Gasteiger charge is -2.11. The van der Waals surface area contributed by atoms with E-state index in [1.165, 1.54) is 10.8 Å². The van der Waals surface area contributed by atoms with Gasteiger partial charge in [-0.15, -0.1) is 0 Å². The summed E-state index contributed by atoms with van der Waals surface area (Å²) in [7, 11) is 0. The maximum atomic E-state index is 6.33. The predicted octanol–water partition coefficient (Wildman–Crippen LogP) is 13.0. The Morgan fingerprint density at radius 3 is 1.56 bits per heavy atom. The van der Waals surface area contributed by atoms with Crippen molar-refractivity contribution in [3.05, 3.63) is 188 Å². The molecule has 0 aliphatic heterocycles. The Hall–Kier alpha value is -7.83. The van der Waals surface area contributed by atoms with Crippen LogP contribution in [0.3, 0.4) is 0 Å². The van der Waals surface area contributed by atoms with Gasteiger partial charge in [0.25, 0.3) is 0 Å². The van der Waals surface area contributed by atoms with Crippen LogP contribution in [-0.2, 0) is 0 Å². The van der Waals surface area contributed by atoms with Crippen LogP contribution in [0, 0.1) is 0 Å². The molecule has 0 fully saturated rings. The first-order valence-electron chi connectivity index (χ1n) is 19.1. The summed E-state index contributed by atoms with van der Waals surface area (Å²) in [6.07, 6.45) is 0. The molecule has 8 aromatic carbocycles. The second kappa shape index (κ2) is 12.3. The molecule has 12 aromatic rings. The first-order valence-corrected chi connectivity index (χ1v) is 19.1. The van der Waals surface area contributed by atoms with Gasteiger partial charge in [-0.25, -0.2) is 4.98 Å². The quantitative estimate of drug-likeness (QED) is 0.177. The SMILES string of the molecule is c1ccc(-c2ccc(-c3nc(-c4ccc5c(c4)oc4ccccc45)nc(-n4c5ccccc5c5c6c7ccccc7n(-c7ccccc7)c6ccc54)n3)cc2)cc1. The average Bonchev–Trinajstić information content (AvgIpc) is 3.94. The number of benzene rings is 8. The lowest BCUT2D eigenvalue weighted by atomic mass is 10.0. The molecule has 0 saturated carbocycles. The van der Waals surface area contributed by atoms with Gasteiger partial charge >= 0.3 is 0 Å². The summed E-state index contributed by atoms with van der Waals surface area (Å²) in [6.45, 7) is 0. The molecule has 0 aliphatic carbocycles. The highest BCUT2D eigenvalue weighted by Crippen LogP contribution is 2.42. The number of rotatable bonds is 5. The normalized spacial score (nSPS) is 11.9. The summed E-state index contributed by atoms with van der Waals surface area (Å²) >= 11 is 0. The van der Waals surface area contributed by atoms with E-state index in [4.69, 9.17) is 19.4 Å². The third-order valence-electron chi connectivity index (χ3n) is 11.2. The van der Waals surface area contributed by atoms with Crippen LogP contribution in [0.15, 0.2) is 192 Å². The van der Waals surface area contributed by atoms with E-state index in [0.29, 0.717) is 17.6 Å². The van der Waals surface area contributed by atoms with Crippen molar-refractivity contribution in [2.24, 2.45) is 0 Å². The number of aromatic nitrogens is 5. The van der Waals surface area contributed by atoms with Gasteiger partial charge in [-0.2, -0.15) is 9.97 Å². The average molecular weight is 730 g/mol. The van der Waals surface area contributed by atoms with Crippen molar-refractivity contribution >= 4 is 65.6 Å². The molecule has 12 rings (SSSR count). The summed E-state index contributed by atoms with van der Waals surface area (Å²) in [6, 6.07) is 65.5. The highest BCUT2D eigenvalue weighted by atomic mass is 16.3. The Bertz CT molecular complexity index is 3510. The zero-order valence-corrected chi connectivity index (χ0v) is 30.5. The zero-order chi connectivity index (χ0) is 37.5. The van der Waals surface area contributed by atoms with Crippen molar-refractivity contribution in [2.75, 3.05) is 0 Å². The molecular formula is C51H31N5O. The van der Waals surface area contributed by atoms with Crippen LogP contribution < -0.4 is 0 Å². The van der Waals surface area contributed by atoms with Crippen LogP contribution in [0.4, 0.5) is 0 Å². The van der Waals surface area contributed by atoms with Gasteiger partial charge in [-0.05, 0) is 65.7 Å². The molecule has 6 nitrogen and oxygen atoms in total. The monoisotopic (exact) mass is 729 g/mol. The molecule has 0 aliphatic rings. The maximum Gasteiger partial charge on any atom is 0.238 e. The Labute approximate surface area is 326 Å². The number of furan rings is 1. The van der Waals surface area contributed by atoms with E-state index in [1.807, 2.05) is 30.3 Å². The van der Waals surface area contributed by atoms with Gasteiger partial charge in [-0.1, -0.05) is 133 Å². The third kappa shape index (κ3) is 4.87. The van der Waals surface area contributed by atoms with Gasteiger partial charge in [-0.3, -0.25) is 4.57 Å². The van der Waals surface area contributed by atoms with Crippen molar-refractivity contribution in [1.82, 2.24) is 24.1 Å². The second-order valence-corrected chi connectivity index (χ2v) is 14.4. The standard InChI is InChI=1S/C51H31N5O/c1-3-13-32(14-4-1)33-23-25-34(26-24-33)49-52-50(35-27-28-38-37-17-9-12-22-45(37)57-46(38)31-35)54-51(53-49)56-42-21-11-8-19-40(42)48-44(56)30-29-43-47(48)39-18-7-10-20-41(39)55(43)36-15-5-2-6-16-36/h1-31H. The Balaban J connectivity index is 1.13. The topological polar surface area (TPSA) is 61.7 Å². The molecule has 266 valence electrons. The van der Waals surface area contributed by atoms with Gasteiger partial charge in [0.05, 0.1) is 22.1 Å². The van der Waals surface area contributed by atoms with E-state index in [-0.39, 0.29) is 0 Å². The van der Waals surface area contributed by atoms with E-state index in [0.717, 1.165) is 82.7 Å². The molecule has 0 radical (unpaired) electrons. The number of fused-ring (bicyclic) bond motifs is 10. The van der Waals surface area contributed by atoms with Gasteiger partial charge in [0, 0.05) is 49.1 Å². The molecule has 0 spiro atoms. The molecule has 0 unspecified atom stereocenters. The minimum atomic E-state index is 0.546. The summed E-state index contributed by atoms with van der Waals surface area (Å²) in [5.41, 5.74) is 11.2. The zero-order valence-electron chi connectivity index (χ0n) is 30.5. The Kier molecular flexibility index (Phi) is 6.83. The van der Waals surface area contributed by atoms with E-state index in [9.17, 15) is 0 Å². The molecule has 57 heavy (non-hydrogen) atoms. The van der Waals surface area contributed by atoms with Crippen LogP contribution >= 0.6 is 0 Å². The van der Waals surface area contributed by atoms with Crippen molar-refractivity contribution in [3.63, 3.8) is 0 Å². The van der Waals surface area contributed by atoms with E-state index >= 15 is 0 Å².